The van der Waals surface area contributed by atoms with Crippen LogP contribution in [0.3, 0.4) is 0 Å². The Morgan fingerprint density at radius 2 is 2.08 bits per heavy atom. The van der Waals surface area contributed by atoms with Crippen LogP contribution in [-0.2, 0) is 14.8 Å². The zero-order valence-corrected chi connectivity index (χ0v) is 15.2. The molecule has 0 aliphatic carbocycles. The standard InChI is InChI=1S/C13H12Cl2N4O3S2/c14-8-2-1-7(5-9(8)15)19-4-3-10(12(19)20)18-13-17-6-11(23-13)24(16,21)22/h1-2,5-6,10H,3-4H2,(H,17,18)(H2,16,21,22). The summed E-state index contributed by atoms with van der Waals surface area (Å²) in [5.41, 5.74) is 0.656. The van der Waals surface area contributed by atoms with E-state index in [4.69, 9.17) is 28.3 Å². The molecule has 1 aliphatic heterocycles. The highest BCUT2D eigenvalue weighted by Gasteiger charge is 2.33. The summed E-state index contributed by atoms with van der Waals surface area (Å²) < 4.78 is 22.5. The second kappa shape index (κ2) is 6.49. The molecule has 128 valence electrons. The third kappa shape index (κ3) is 3.50. The van der Waals surface area contributed by atoms with Crippen molar-refractivity contribution in [2.75, 3.05) is 16.8 Å². The van der Waals surface area contributed by atoms with Crippen molar-refractivity contribution in [3.05, 3.63) is 34.4 Å². The third-order valence-electron chi connectivity index (χ3n) is 3.48. The molecule has 1 atom stereocenters. The Kier molecular flexibility index (Phi) is 4.71. The lowest BCUT2D eigenvalue weighted by Crippen LogP contribution is -2.33. The first-order valence-electron chi connectivity index (χ1n) is 6.77. The minimum absolute atomic E-state index is 0.0585. The summed E-state index contributed by atoms with van der Waals surface area (Å²) in [6, 6.07) is 4.48. The number of nitrogens with zero attached hydrogens (tertiary/aromatic N) is 2. The van der Waals surface area contributed by atoms with Gasteiger partial charge in [0.25, 0.3) is 0 Å². The van der Waals surface area contributed by atoms with E-state index in [9.17, 15) is 13.2 Å². The number of carbonyl (C=O) groups excluding carboxylic acids is 1. The first-order valence-corrected chi connectivity index (χ1v) is 9.89. The van der Waals surface area contributed by atoms with Gasteiger partial charge in [-0.2, -0.15) is 0 Å². The highest BCUT2D eigenvalue weighted by atomic mass is 35.5. The van der Waals surface area contributed by atoms with Gasteiger partial charge in [-0.15, -0.1) is 0 Å². The molecular weight excluding hydrogens is 395 g/mol. The summed E-state index contributed by atoms with van der Waals surface area (Å²) in [7, 11) is -3.80. The molecule has 0 spiro atoms. The Bertz CT molecular complexity index is 900. The van der Waals surface area contributed by atoms with Crippen molar-refractivity contribution in [2.24, 2.45) is 5.14 Å². The van der Waals surface area contributed by atoms with Crippen LogP contribution in [0.2, 0.25) is 10.0 Å². The predicted molar refractivity (Wildman–Crippen MR) is 94.3 cm³/mol. The van der Waals surface area contributed by atoms with Crippen molar-refractivity contribution in [3.63, 3.8) is 0 Å². The largest absolute Gasteiger partial charge is 0.350 e. The number of hydrogen-bond donors (Lipinski definition) is 2. The number of carbonyl (C=O) groups is 1. The average Bonchev–Trinajstić information content (AvgIpc) is 3.11. The number of sulfonamides is 1. The molecule has 1 aliphatic rings. The molecule has 1 amide bonds. The highest BCUT2D eigenvalue weighted by Crippen LogP contribution is 2.31. The Hall–Kier alpha value is -1.39. The van der Waals surface area contributed by atoms with Gasteiger partial charge in [-0.3, -0.25) is 4.79 Å². The fraction of sp³-hybridized carbons (Fsp3) is 0.231. The first-order chi connectivity index (χ1) is 11.3. The summed E-state index contributed by atoms with van der Waals surface area (Å²) in [4.78, 5) is 18.1. The number of anilines is 2. The van der Waals surface area contributed by atoms with Crippen LogP contribution < -0.4 is 15.4 Å². The van der Waals surface area contributed by atoms with Crippen molar-refractivity contribution in [1.82, 2.24) is 4.98 Å². The zero-order chi connectivity index (χ0) is 17.5. The quantitative estimate of drug-likeness (QED) is 0.809. The van der Waals surface area contributed by atoms with Crippen LogP contribution in [0.1, 0.15) is 6.42 Å². The lowest BCUT2D eigenvalue weighted by Gasteiger charge is -2.17. The number of hydrogen-bond acceptors (Lipinski definition) is 6. The van der Waals surface area contributed by atoms with Gasteiger partial charge >= 0.3 is 0 Å². The van der Waals surface area contributed by atoms with E-state index in [1.165, 1.54) is 6.20 Å². The van der Waals surface area contributed by atoms with Gasteiger partial charge in [0.1, 0.15) is 6.04 Å². The van der Waals surface area contributed by atoms with E-state index in [-0.39, 0.29) is 10.1 Å². The van der Waals surface area contributed by atoms with E-state index in [1.807, 2.05) is 0 Å². The number of primary sulfonamides is 1. The summed E-state index contributed by atoms with van der Waals surface area (Å²) in [5.74, 6) is -0.152. The molecule has 1 aromatic carbocycles. The van der Waals surface area contributed by atoms with Gasteiger partial charge in [-0.25, -0.2) is 18.5 Å². The number of benzene rings is 1. The lowest BCUT2D eigenvalue weighted by atomic mass is 10.2. The molecule has 1 unspecified atom stereocenters. The van der Waals surface area contributed by atoms with Crippen LogP contribution in [0.25, 0.3) is 0 Å². The Morgan fingerprint density at radius 1 is 1.33 bits per heavy atom. The molecule has 24 heavy (non-hydrogen) atoms. The molecule has 0 saturated carbocycles. The monoisotopic (exact) mass is 406 g/mol. The molecule has 0 radical (unpaired) electrons. The van der Waals surface area contributed by atoms with Crippen molar-refractivity contribution >= 4 is 61.3 Å². The van der Waals surface area contributed by atoms with Crippen molar-refractivity contribution in [1.29, 1.82) is 0 Å². The maximum Gasteiger partial charge on any atom is 0.249 e. The maximum atomic E-state index is 12.5. The Labute approximate surface area is 152 Å². The van der Waals surface area contributed by atoms with Crippen LogP contribution in [0, 0.1) is 0 Å². The molecule has 3 N–H and O–H groups in total. The molecule has 1 aromatic heterocycles. The van der Waals surface area contributed by atoms with Crippen molar-refractivity contribution in [3.8, 4) is 0 Å². The number of aromatic nitrogens is 1. The molecule has 1 fully saturated rings. The fourth-order valence-electron chi connectivity index (χ4n) is 2.33. The zero-order valence-electron chi connectivity index (χ0n) is 12.1. The lowest BCUT2D eigenvalue weighted by molar-refractivity contribution is -0.117. The summed E-state index contributed by atoms with van der Waals surface area (Å²) >= 11 is 12.8. The minimum atomic E-state index is -3.80. The summed E-state index contributed by atoms with van der Waals surface area (Å²) in [6.07, 6.45) is 1.71. The van der Waals surface area contributed by atoms with Crippen LogP contribution in [0.15, 0.2) is 28.6 Å². The van der Waals surface area contributed by atoms with E-state index < -0.39 is 16.1 Å². The fourth-order valence-corrected chi connectivity index (χ4v) is 4.13. The first kappa shape index (κ1) is 17.4. The summed E-state index contributed by atoms with van der Waals surface area (Å²) in [5, 5.41) is 9.11. The second-order valence-electron chi connectivity index (χ2n) is 5.10. The SMILES string of the molecule is NS(=O)(=O)c1cnc(NC2CCN(c3ccc(Cl)c(Cl)c3)C2=O)s1. The van der Waals surface area contributed by atoms with Crippen LogP contribution in [0.4, 0.5) is 10.8 Å². The van der Waals surface area contributed by atoms with Gasteiger partial charge in [0.2, 0.25) is 15.9 Å². The Balaban J connectivity index is 1.74. The molecule has 7 nitrogen and oxygen atoms in total. The van der Waals surface area contributed by atoms with Gasteiger partial charge in [0.15, 0.2) is 9.34 Å². The molecule has 1 saturated heterocycles. The van der Waals surface area contributed by atoms with E-state index in [2.05, 4.69) is 10.3 Å². The summed E-state index contributed by atoms with van der Waals surface area (Å²) in [6.45, 7) is 0.502. The van der Waals surface area contributed by atoms with E-state index in [0.29, 0.717) is 33.8 Å². The topological polar surface area (TPSA) is 105 Å². The van der Waals surface area contributed by atoms with Crippen molar-refractivity contribution in [2.45, 2.75) is 16.7 Å². The molecule has 2 aromatic rings. The number of nitrogens with two attached hydrogens (primary N) is 1. The van der Waals surface area contributed by atoms with Crippen LogP contribution in [0.5, 0.6) is 0 Å². The van der Waals surface area contributed by atoms with E-state index >= 15 is 0 Å². The predicted octanol–water partition coefficient (Wildman–Crippen LogP) is 2.31. The second-order valence-corrected chi connectivity index (χ2v) is 8.74. The number of nitrogens with one attached hydrogen (secondary N) is 1. The Morgan fingerprint density at radius 3 is 2.71 bits per heavy atom. The van der Waals surface area contributed by atoms with Crippen LogP contribution in [-0.4, -0.2) is 31.9 Å². The van der Waals surface area contributed by atoms with Crippen molar-refractivity contribution < 1.29 is 13.2 Å². The van der Waals surface area contributed by atoms with E-state index in [0.717, 1.165) is 11.3 Å². The smallest absolute Gasteiger partial charge is 0.249 e. The van der Waals surface area contributed by atoms with Gasteiger partial charge in [0, 0.05) is 12.2 Å². The number of rotatable bonds is 4. The molecular formula is C13H12Cl2N4O3S2. The van der Waals surface area contributed by atoms with Gasteiger partial charge in [-0.05, 0) is 24.6 Å². The highest BCUT2D eigenvalue weighted by molar-refractivity contribution is 7.91. The maximum absolute atomic E-state index is 12.5. The number of halogens is 2. The number of amides is 1. The van der Waals surface area contributed by atoms with E-state index in [1.54, 1.807) is 23.1 Å². The van der Waals surface area contributed by atoms with Gasteiger partial charge in [-0.1, -0.05) is 34.5 Å². The normalized spacial score (nSPS) is 18.2. The molecule has 11 heteroatoms. The molecule has 3 rings (SSSR count). The minimum Gasteiger partial charge on any atom is -0.350 e. The third-order valence-corrected chi connectivity index (χ3v) is 6.56. The van der Waals surface area contributed by atoms with Gasteiger partial charge in [0.05, 0.1) is 16.2 Å². The number of thiazole rings is 1. The van der Waals surface area contributed by atoms with Crippen LogP contribution >= 0.6 is 34.5 Å². The molecule has 2 heterocycles. The van der Waals surface area contributed by atoms with Gasteiger partial charge < -0.3 is 10.2 Å². The molecule has 0 bridgehead atoms. The average molecular weight is 407 g/mol.